The number of hydrogen-bond donors (Lipinski definition) is 1. The number of likely N-dealkylation sites (N-methyl/N-ethyl adjacent to an activating group) is 1. The van der Waals surface area contributed by atoms with Gasteiger partial charge in [-0.3, -0.25) is 14.6 Å². The summed E-state index contributed by atoms with van der Waals surface area (Å²) in [4.78, 5) is 18.7. The molecule has 0 aliphatic carbocycles. The van der Waals surface area contributed by atoms with Crippen LogP contribution in [0.4, 0.5) is 0 Å². The molecule has 1 aliphatic rings. The third-order valence-electron chi connectivity index (χ3n) is 4.57. The van der Waals surface area contributed by atoms with Crippen LogP contribution in [-0.4, -0.2) is 78.1 Å². The lowest BCUT2D eigenvalue weighted by Gasteiger charge is -2.38. The monoisotopic (exact) mass is 319 g/mol. The summed E-state index contributed by atoms with van der Waals surface area (Å²) in [6.45, 7) is 6.76. The Bertz CT molecular complexity index is 468. The first-order chi connectivity index (χ1) is 11.1. The summed E-state index contributed by atoms with van der Waals surface area (Å²) in [6, 6.07) is 10.4. The number of amides is 1. The zero-order chi connectivity index (χ0) is 16.7. The van der Waals surface area contributed by atoms with E-state index in [-0.39, 0.29) is 18.6 Å². The Morgan fingerprint density at radius 3 is 2.43 bits per heavy atom. The van der Waals surface area contributed by atoms with Crippen molar-refractivity contribution < 1.29 is 9.90 Å². The van der Waals surface area contributed by atoms with Crippen molar-refractivity contribution in [3.05, 3.63) is 35.9 Å². The van der Waals surface area contributed by atoms with E-state index >= 15 is 0 Å². The minimum Gasteiger partial charge on any atom is -0.395 e. The van der Waals surface area contributed by atoms with Gasteiger partial charge in [0.1, 0.15) is 0 Å². The largest absolute Gasteiger partial charge is 0.395 e. The van der Waals surface area contributed by atoms with Gasteiger partial charge in [-0.2, -0.15) is 0 Å². The molecular weight excluding hydrogens is 290 g/mol. The molecule has 1 aromatic carbocycles. The molecule has 5 heteroatoms. The SMILES string of the molecule is CCC(CO)N1CCN(C(=O)CN(C)Cc2ccccc2)CC1. The molecule has 1 aliphatic heterocycles. The maximum Gasteiger partial charge on any atom is 0.236 e. The van der Waals surface area contributed by atoms with E-state index in [0.29, 0.717) is 6.54 Å². The van der Waals surface area contributed by atoms with Crippen LogP contribution in [0.1, 0.15) is 18.9 Å². The van der Waals surface area contributed by atoms with Gasteiger partial charge in [-0.15, -0.1) is 0 Å². The van der Waals surface area contributed by atoms with Gasteiger partial charge >= 0.3 is 0 Å². The molecule has 1 heterocycles. The number of aliphatic hydroxyl groups is 1. The van der Waals surface area contributed by atoms with Crippen molar-refractivity contribution >= 4 is 5.91 Å². The van der Waals surface area contributed by atoms with E-state index in [4.69, 9.17) is 0 Å². The molecule has 0 radical (unpaired) electrons. The molecule has 1 amide bonds. The maximum absolute atomic E-state index is 12.4. The highest BCUT2D eigenvalue weighted by atomic mass is 16.3. The normalized spacial score (nSPS) is 17.5. The van der Waals surface area contributed by atoms with Crippen molar-refractivity contribution in [1.29, 1.82) is 0 Å². The zero-order valence-corrected chi connectivity index (χ0v) is 14.3. The molecule has 2 rings (SSSR count). The van der Waals surface area contributed by atoms with Gasteiger partial charge in [0.15, 0.2) is 0 Å². The lowest BCUT2D eigenvalue weighted by molar-refractivity contribution is -0.134. The highest BCUT2D eigenvalue weighted by Crippen LogP contribution is 2.10. The Kier molecular flexibility index (Phi) is 7.02. The number of rotatable bonds is 7. The summed E-state index contributed by atoms with van der Waals surface area (Å²) >= 11 is 0. The van der Waals surface area contributed by atoms with Crippen molar-refractivity contribution in [2.75, 3.05) is 46.4 Å². The fourth-order valence-electron chi connectivity index (χ4n) is 3.12. The zero-order valence-electron chi connectivity index (χ0n) is 14.3. The van der Waals surface area contributed by atoms with Gasteiger partial charge in [0, 0.05) is 38.8 Å². The first-order valence-corrected chi connectivity index (χ1v) is 8.49. The highest BCUT2D eigenvalue weighted by molar-refractivity contribution is 5.78. The second-order valence-corrected chi connectivity index (χ2v) is 6.32. The van der Waals surface area contributed by atoms with Crippen molar-refractivity contribution in [2.24, 2.45) is 0 Å². The standard InChI is InChI=1S/C18H29N3O2/c1-3-17(15-22)20-9-11-21(12-10-20)18(23)14-19(2)13-16-7-5-4-6-8-16/h4-8,17,22H,3,9-15H2,1-2H3. The fraction of sp³-hybridized carbons (Fsp3) is 0.611. The third kappa shape index (κ3) is 5.30. The summed E-state index contributed by atoms with van der Waals surface area (Å²) in [5, 5.41) is 9.38. The molecule has 5 nitrogen and oxygen atoms in total. The van der Waals surface area contributed by atoms with Crippen LogP contribution in [-0.2, 0) is 11.3 Å². The van der Waals surface area contributed by atoms with Crippen molar-refractivity contribution in [1.82, 2.24) is 14.7 Å². The molecular formula is C18H29N3O2. The summed E-state index contributed by atoms with van der Waals surface area (Å²) in [6.07, 6.45) is 0.949. The first-order valence-electron chi connectivity index (χ1n) is 8.49. The number of carbonyl (C=O) groups is 1. The van der Waals surface area contributed by atoms with Crippen LogP contribution in [0.2, 0.25) is 0 Å². The number of aliphatic hydroxyl groups excluding tert-OH is 1. The highest BCUT2D eigenvalue weighted by Gasteiger charge is 2.25. The minimum absolute atomic E-state index is 0.195. The summed E-state index contributed by atoms with van der Waals surface area (Å²) in [7, 11) is 1.99. The van der Waals surface area contributed by atoms with Gasteiger partial charge in [-0.05, 0) is 19.0 Å². The molecule has 1 atom stereocenters. The van der Waals surface area contributed by atoms with Gasteiger partial charge in [-0.25, -0.2) is 0 Å². The molecule has 1 aromatic rings. The Morgan fingerprint density at radius 2 is 1.87 bits per heavy atom. The summed E-state index contributed by atoms with van der Waals surface area (Å²) in [5.41, 5.74) is 1.22. The summed E-state index contributed by atoms with van der Waals surface area (Å²) < 4.78 is 0. The third-order valence-corrected chi connectivity index (χ3v) is 4.57. The van der Waals surface area contributed by atoms with E-state index in [1.165, 1.54) is 5.56 Å². The second kappa shape index (κ2) is 9.01. The number of hydrogen-bond acceptors (Lipinski definition) is 4. The van der Waals surface area contributed by atoms with Crippen LogP contribution in [0.5, 0.6) is 0 Å². The van der Waals surface area contributed by atoms with Crippen molar-refractivity contribution in [2.45, 2.75) is 25.9 Å². The molecule has 1 unspecified atom stereocenters. The fourth-order valence-corrected chi connectivity index (χ4v) is 3.12. The Morgan fingerprint density at radius 1 is 1.22 bits per heavy atom. The van der Waals surface area contributed by atoms with Crippen LogP contribution in [0, 0.1) is 0 Å². The molecule has 1 N–H and O–H groups in total. The van der Waals surface area contributed by atoms with E-state index in [1.807, 2.05) is 30.1 Å². The second-order valence-electron chi connectivity index (χ2n) is 6.32. The van der Waals surface area contributed by atoms with Crippen molar-refractivity contribution in [3.63, 3.8) is 0 Å². The maximum atomic E-state index is 12.4. The number of piperazine rings is 1. The first kappa shape index (κ1) is 17.9. The quantitative estimate of drug-likeness (QED) is 0.815. The Balaban J connectivity index is 1.76. The molecule has 0 bridgehead atoms. The molecule has 0 saturated carbocycles. The van der Waals surface area contributed by atoms with Crippen LogP contribution >= 0.6 is 0 Å². The van der Waals surface area contributed by atoms with Gasteiger partial charge in [0.05, 0.1) is 13.2 Å². The lowest BCUT2D eigenvalue weighted by atomic mass is 10.1. The topological polar surface area (TPSA) is 47.0 Å². The smallest absolute Gasteiger partial charge is 0.236 e. The number of carbonyl (C=O) groups excluding carboxylic acids is 1. The number of nitrogens with zero attached hydrogens (tertiary/aromatic N) is 3. The average molecular weight is 319 g/mol. The van der Waals surface area contributed by atoms with E-state index in [0.717, 1.165) is 39.1 Å². The molecule has 128 valence electrons. The Hall–Kier alpha value is -1.43. The minimum atomic E-state index is 0.195. The van der Waals surface area contributed by atoms with Crippen LogP contribution in [0.3, 0.4) is 0 Å². The lowest BCUT2D eigenvalue weighted by Crippen LogP contribution is -2.54. The van der Waals surface area contributed by atoms with E-state index < -0.39 is 0 Å². The summed E-state index contributed by atoms with van der Waals surface area (Å²) in [5.74, 6) is 0.195. The van der Waals surface area contributed by atoms with E-state index in [1.54, 1.807) is 0 Å². The van der Waals surface area contributed by atoms with E-state index in [2.05, 4.69) is 28.9 Å². The predicted molar refractivity (Wildman–Crippen MR) is 92.1 cm³/mol. The average Bonchev–Trinajstić information content (AvgIpc) is 2.57. The molecule has 0 aromatic heterocycles. The van der Waals surface area contributed by atoms with Gasteiger partial charge in [-0.1, -0.05) is 37.3 Å². The number of benzene rings is 1. The molecule has 0 spiro atoms. The Labute approximate surface area is 139 Å². The van der Waals surface area contributed by atoms with Crippen LogP contribution < -0.4 is 0 Å². The molecule has 23 heavy (non-hydrogen) atoms. The molecule has 1 saturated heterocycles. The molecule has 1 fully saturated rings. The van der Waals surface area contributed by atoms with Gasteiger partial charge in [0.25, 0.3) is 0 Å². The van der Waals surface area contributed by atoms with Crippen molar-refractivity contribution in [3.8, 4) is 0 Å². The van der Waals surface area contributed by atoms with E-state index in [9.17, 15) is 9.90 Å². The predicted octanol–water partition coefficient (Wildman–Crippen LogP) is 1.03. The van der Waals surface area contributed by atoms with Gasteiger partial charge < -0.3 is 10.0 Å². The van der Waals surface area contributed by atoms with Crippen LogP contribution in [0.15, 0.2) is 30.3 Å². The van der Waals surface area contributed by atoms with Gasteiger partial charge in [0.2, 0.25) is 5.91 Å². The van der Waals surface area contributed by atoms with Crippen LogP contribution in [0.25, 0.3) is 0 Å².